The molecule has 2 aromatic rings. The molecule has 0 unspecified atom stereocenters. The summed E-state index contributed by atoms with van der Waals surface area (Å²) in [7, 11) is 0. The second kappa shape index (κ2) is 9.42. The lowest BCUT2D eigenvalue weighted by atomic mass is 10.0. The van der Waals surface area contributed by atoms with Gasteiger partial charge in [0, 0.05) is 25.3 Å². The average molecular weight is 476 g/mol. The SMILES string of the molecule is CC(C)(C)OC(=O)N[C@H]1CCCN(c2ccncc2NC(=O)c2cccc(Br)n2)C1. The van der Waals surface area contributed by atoms with Gasteiger partial charge in [-0.15, -0.1) is 0 Å². The summed E-state index contributed by atoms with van der Waals surface area (Å²) in [6.45, 7) is 6.94. The maximum absolute atomic E-state index is 12.6. The second-order valence-corrected chi connectivity index (χ2v) is 8.94. The van der Waals surface area contributed by atoms with Crippen LogP contribution in [-0.4, -0.2) is 46.7 Å². The Bertz CT molecular complexity index is 916. The fourth-order valence-electron chi connectivity index (χ4n) is 3.27. The highest BCUT2D eigenvalue weighted by molar-refractivity contribution is 9.10. The molecule has 9 heteroatoms. The van der Waals surface area contributed by atoms with E-state index in [1.165, 1.54) is 0 Å². The molecule has 2 N–H and O–H groups in total. The molecular weight excluding hydrogens is 450 g/mol. The molecule has 0 radical (unpaired) electrons. The van der Waals surface area contributed by atoms with E-state index in [4.69, 9.17) is 4.74 Å². The Balaban J connectivity index is 1.70. The van der Waals surface area contributed by atoms with E-state index in [2.05, 4.69) is 41.4 Å². The molecule has 0 spiro atoms. The number of rotatable bonds is 4. The Morgan fingerprint density at radius 2 is 2.07 bits per heavy atom. The lowest BCUT2D eigenvalue weighted by molar-refractivity contribution is 0.0500. The number of hydrogen-bond donors (Lipinski definition) is 2. The van der Waals surface area contributed by atoms with Gasteiger partial charge in [-0.2, -0.15) is 0 Å². The lowest BCUT2D eigenvalue weighted by Crippen LogP contribution is -2.49. The molecule has 3 heterocycles. The van der Waals surface area contributed by atoms with Crippen LogP contribution in [0, 0.1) is 0 Å². The zero-order chi connectivity index (χ0) is 21.7. The Morgan fingerprint density at radius 1 is 1.27 bits per heavy atom. The van der Waals surface area contributed by atoms with Gasteiger partial charge in [0.1, 0.15) is 15.9 Å². The molecule has 2 aromatic heterocycles. The average Bonchev–Trinajstić information content (AvgIpc) is 2.67. The zero-order valence-corrected chi connectivity index (χ0v) is 18.9. The number of hydrogen-bond acceptors (Lipinski definition) is 6. The molecule has 0 saturated carbocycles. The van der Waals surface area contributed by atoms with Gasteiger partial charge in [0.25, 0.3) is 5.91 Å². The van der Waals surface area contributed by atoms with Crippen LogP contribution >= 0.6 is 15.9 Å². The second-order valence-electron chi connectivity index (χ2n) is 8.12. The predicted octanol–water partition coefficient (Wildman–Crippen LogP) is 3.98. The van der Waals surface area contributed by atoms with E-state index >= 15 is 0 Å². The number of halogens is 1. The van der Waals surface area contributed by atoms with Gasteiger partial charge >= 0.3 is 6.09 Å². The van der Waals surface area contributed by atoms with Gasteiger partial charge in [-0.3, -0.25) is 9.78 Å². The lowest BCUT2D eigenvalue weighted by Gasteiger charge is -2.35. The van der Waals surface area contributed by atoms with Gasteiger partial charge in [-0.25, -0.2) is 9.78 Å². The Hall–Kier alpha value is -2.68. The van der Waals surface area contributed by atoms with E-state index in [1.807, 2.05) is 26.8 Å². The molecular formula is C21H26BrN5O3. The van der Waals surface area contributed by atoms with Crippen LogP contribution in [0.1, 0.15) is 44.1 Å². The molecule has 0 bridgehead atoms. The van der Waals surface area contributed by atoms with Crippen LogP contribution < -0.4 is 15.5 Å². The first-order chi connectivity index (χ1) is 14.2. The number of alkyl carbamates (subject to hydrolysis) is 1. The minimum absolute atomic E-state index is 0.0444. The van der Waals surface area contributed by atoms with E-state index < -0.39 is 11.7 Å². The van der Waals surface area contributed by atoms with E-state index in [0.29, 0.717) is 22.5 Å². The first-order valence-electron chi connectivity index (χ1n) is 9.84. The van der Waals surface area contributed by atoms with Crippen LogP contribution in [0.15, 0.2) is 41.3 Å². The van der Waals surface area contributed by atoms with Crippen molar-refractivity contribution in [1.82, 2.24) is 15.3 Å². The molecule has 1 atom stereocenters. The van der Waals surface area contributed by atoms with Crippen LogP contribution in [0.3, 0.4) is 0 Å². The number of carbonyl (C=O) groups excluding carboxylic acids is 2. The van der Waals surface area contributed by atoms with Crippen molar-refractivity contribution in [1.29, 1.82) is 0 Å². The highest BCUT2D eigenvalue weighted by Crippen LogP contribution is 2.28. The molecule has 3 rings (SSSR count). The van der Waals surface area contributed by atoms with Crippen molar-refractivity contribution >= 4 is 39.3 Å². The Morgan fingerprint density at radius 3 is 2.80 bits per heavy atom. The molecule has 0 aromatic carbocycles. The summed E-state index contributed by atoms with van der Waals surface area (Å²) in [5, 5.41) is 5.85. The highest BCUT2D eigenvalue weighted by Gasteiger charge is 2.26. The minimum Gasteiger partial charge on any atom is -0.444 e. The summed E-state index contributed by atoms with van der Waals surface area (Å²) in [6.07, 6.45) is 4.66. The number of piperidine rings is 1. The summed E-state index contributed by atoms with van der Waals surface area (Å²) >= 11 is 3.28. The maximum Gasteiger partial charge on any atom is 0.407 e. The normalized spacial score (nSPS) is 16.7. The number of amides is 2. The van der Waals surface area contributed by atoms with E-state index in [-0.39, 0.29) is 11.9 Å². The topological polar surface area (TPSA) is 96.5 Å². The summed E-state index contributed by atoms with van der Waals surface area (Å²) in [6, 6.07) is 6.99. The number of ether oxygens (including phenoxy) is 1. The maximum atomic E-state index is 12.6. The molecule has 1 saturated heterocycles. The fraction of sp³-hybridized carbons (Fsp3) is 0.429. The van der Waals surface area contributed by atoms with E-state index in [0.717, 1.165) is 25.1 Å². The van der Waals surface area contributed by atoms with Crippen LogP contribution in [0.5, 0.6) is 0 Å². The van der Waals surface area contributed by atoms with Crippen LogP contribution in [0.4, 0.5) is 16.2 Å². The molecule has 30 heavy (non-hydrogen) atoms. The summed E-state index contributed by atoms with van der Waals surface area (Å²) in [5.74, 6) is -0.314. The number of nitrogens with zero attached hydrogens (tertiary/aromatic N) is 3. The monoisotopic (exact) mass is 475 g/mol. The number of aromatic nitrogens is 2. The molecule has 160 valence electrons. The standard InChI is InChI=1S/C21H26BrN5O3/c1-21(2,3)30-20(29)24-14-6-5-11-27(13-14)17-9-10-23-12-16(17)26-19(28)15-7-4-8-18(22)25-15/h4,7-10,12,14H,5-6,11,13H2,1-3H3,(H,24,29)(H,26,28)/t14-/m0/s1. The van der Waals surface area contributed by atoms with Gasteiger partial charge in [-0.05, 0) is 67.7 Å². The molecule has 1 aliphatic rings. The highest BCUT2D eigenvalue weighted by atomic mass is 79.9. The third-order valence-electron chi connectivity index (χ3n) is 4.48. The Kier molecular flexibility index (Phi) is 6.91. The molecule has 2 amide bonds. The molecule has 1 fully saturated rings. The number of carbonyl (C=O) groups is 2. The van der Waals surface area contributed by atoms with Crippen LogP contribution in [-0.2, 0) is 4.74 Å². The largest absolute Gasteiger partial charge is 0.444 e. The summed E-state index contributed by atoms with van der Waals surface area (Å²) in [4.78, 5) is 35.2. The fourth-order valence-corrected chi connectivity index (χ4v) is 3.61. The molecule has 8 nitrogen and oxygen atoms in total. The third kappa shape index (κ3) is 6.16. The first-order valence-corrected chi connectivity index (χ1v) is 10.6. The minimum atomic E-state index is -0.540. The quantitative estimate of drug-likeness (QED) is 0.648. The van der Waals surface area contributed by atoms with Crippen molar-refractivity contribution < 1.29 is 14.3 Å². The van der Waals surface area contributed by atoms with Crippen molar-refractivity contribution in [3.63, 3.8) is 0 Å². The number of pyridine rings is 2. The van der Waals surface area contributed by atoms with Crippen molar-refractivity contribution in [2.75, 3.05) is 23.3 Å². The van der Waals surface area contributed by atoms with Crippen molar-refractivity contribution in [3.05, 3.63) is 47.0 Å². The van der Waals surface area contributed by atoms with Crippen molar-refractivity contribution in [3.8, 4) is 0 Å². The van der Waals surface area contributed by atoms with Crippen LogP contribution in [0.25, 0.3) is 0 Å². The first kappa shape index (κ1) is 22.0. The smallest absolute Gasteiger partial charge is 0.407 e. The molecule has 0 aliphatic carbocycles. The zero-order valence-electron chi connectivity index (χ0n) is 17.3. The van der Waals surface area contributed by atoms with Gasteiger partial charge in [0.15, 0.2) is 0 Å². The van der Waals surface area contributed by atoms with Gasteiger partial charge < -0.3 is 20.3 Å². The van der Waals surface area contributed by atoms with Gasteiger partial charge in [0.05, 0.1) is 17.6 Å². The van der Waals surface area contributed by atoms with Crippen molar-refractivity contribution in [2.24, 2.45) is 0 Å². The van der Waals surface area contributed by atoms with E-state index in [1.54, 1.807) is 30.6 Å². The predicted molar refractivity (Wildman–Crippen MR) is 119 cm³/mol. The van der Waals surface area contributed by atoms with Gasteiger partial charge in [0.2, 0.25) is 0 Å². The Labute approximate surface area is 184 Å². The number of nitrogens with one attached hydrogen (secondary N) is 2. The number of anilines is 2. The van der Waals surface area contributed by atoms with Crippen molar-refractivity contribution in [2.45, 2.75) is 45.3 Å². The summed E-state index contributed by atoms with van der Waals surface area (Å²) < 4.78 is 5.96. The van der Waals surface area contributed by atoms with Crippen LogP contribution in [0.2, 0.25) is 0 Å². The third-order valence-corrected chi connectivity index (χ3v) is 4.92. The summed E-state index contributed by atoms with van der Waals surface area (Å²) in [5.41, 5.74) is 1.22. The van der Waals surface area contributed by atoms with Gasteiger partial charge in [-0.1, -0.05) is 6.07 Å². The molecule has 1 aliphatic heterocycles. The van der Waals surface area contributed by atoms with E-state index in [9.17, 15) is 9.59 Å².